The monoisotopic (exact) mass is 234 g/mol. The maximum Gasteiger partial charge on any atom is 0.197 e. The lowest BCUT2D eigenvalue weighted by atomic mass is 10.4. The molecule has 1 N–H and O–H groups in total. The van der Waals surface area contributed by atoms with Gasteiger partial charge in [0.15, 0.2) is 22.7 Å². The molecule has 0 spiro atoms. The number of fused-ring (bicyclic) bond motifs is 1. The first kappa shape index (κ1) is 9.30. The normalized spacial score (nSPS) is 11.1. The first-order valence-electron chi connectivity index (χ1n) is 4.67. The van der Waals surface area contributed by atoms with E-state index in [9.17, 15) is 5.11 Å². The Balaban J connectivity index is 2.32. The smallest absolute Gasteiger partial charge is 0.197 e. The van der Waals surface area contributed by atoms with Gasteiger partial charge in [-0.15, -0.1) is 0 Å². The summed E-state index contributed by atoms with van der Waals surface area (Å²) in [6, 6.07) is 8.54. The lowest BCUT2D eigenvalue weighted by Crippen LogP contribution is -1.88. The Bertz CT molecular complexity index is 657. The minimum absolute atomic E-state index is 0.109. The van der Waals surface area contributed by atoms with Crippen LogP contribution in [0.1, 0.15) is 0 Å². The van der Waals surface area contributed by atoms with E-state index >= 15 is 0 Å². The van der Waals surface area contributed by atoms with Gasteiger partial charge < -0.3 is 9.52 Å². The van der Waals surface area contributed by atoms with Crippen molar-refractivity contribution in [1.29, 1.82) is 0 Å². The molecule has 0 atom stereocenters. The van der Waals surface area contributed by atoms with Crippen molar-refractivity contribution in [2.24, 2.45) is 0 Å². The third-order valence-electron chi connectivity index (χ3n) is 2.32. The topological polar surface area (TPSA) is 50.7 Å². The van der Waals surface area contributed by atoms with Gasteiger partial charge in [0.25, 0.3) is 0 Å². The van der Waals surface area contributed by atoms with Gasteiger partial charge in [-0.3, -0.25) is 4.40 Å². The van der Waals surface area contributed by atoms with Crippen LogP contribution in [0.25, 0.3) is 17.1 Å². The van der Waals surface area contributed by atoms with Crippen LogP contribution < -0.4 is 0 Å². The number of furan rings is 1. The number of aromatic hydroxyl groups is 1. The van der Waals surface area contributed by atoms with Crippen molar-refractivity contribution >= 4 is 17.1 Å². The van der Waals surface area contributed by atoms with Gasteiger partial charge >= 0.3 is 0 Å². The molecule has 0 fully saturated rings. The Morgan fingerprint density at radius 3 is 2.88 bits per heavy atom. The number of imidazole rings is 1. The molecule has 3 aromatic heterocycles. The predicted molar refractivity (Wildman–Crippen MR) is 59.6 cm³/mol. The van der Waals surface area contributed by atoms with Gasteiger partial charge in [-0.05, 0) is 35.9 Å². The molecule has 0 aromatic carbocycles. The largest absolute Gasteiger partial charge is 0.494 e. The summed E-state index contributed by atoms with van der Waals surface area (Å²) >= 11 is 5.70. The van der Waals surface area contributed by atoms with Crippen LogP contribution in [0.2, 0.25) is 5.22 Å². The van der Waals surface area contributed by atoms with Crippen molar-refractivity contribution in [3.05, 3.63) is 41.7 Å². The Labute approximate surface area is 95.7 Å². The van der Waals surface area contributed by atoms with Crippen molar-refractivity contribution in [1.82, 2.24) is 9.38 Å². The molecule has 3 heterocycles. The van der Waals surface area contributed by atoms with E-state index in [0.29, 0.717) is 16.8 Å². The SMILES string of the molecule is Oc1cccc2cnc(-c3ccc(Cl)o3)n12. The standard InChI is InChI=1S/C11H7ClN2O2/c12-9-5-4-8(16-9)11-13-6-7-2-1-3-10(15)14(7)11/h1-6,15H. The molecule has 0 radical (unpaired) electrons. The minimum atomic E-state index is 0.109. The van der Waals surface area contributed by atoms with Crippen LogP contribution in [-0.2, 0) is 0 Å². The van der Waals surface area contributed by atoms with Gasteiger partial charge in [-0.25, -0.2) is 4.98 Å². The number of rotatable bonds is 1. The van der Waals surface area contributed by atoms with E-state index in [2.05, 4.69) is 4.98 Å². The van der Waals surface area contributed by atoms with Gasteiger partial charge in [-0.2, -0.15) is 0 Å². The number of halogens is 1. The lowest BCUT2D eigenvalue weighted by molar-refractivity contribution is 0.445. The highest BCUT2D eigenvalue weighted by Gasteiger charge is 2.12. The van der Waals surface area contributed by atoms with Crippen LogP contribution in [0.5, 0.6) is 5.88 Å². The second-order valence-electron chi connectivity index (χ2n) is 3.33. The molecule has 0 aliphatic carbocycles. The van der Waals surface area contributed by atoms with E-state index in [1.807, 2.05) is 6.07 Å². The minimum Gasteiger partial charge on any atom is -0.494 e. The Morgan fingerprint density at radius 1 is 1.25 bits per heavy atom. The Kier molecular flexibility index (Phi) is 1.91. The molecule has 0 aliphatic rings. The van der Waals surface area contributed by atoms with Crippen LogP contribution in [0.15, 0.2) is 40.9 Å². The molecule has 16 heavy (non-hydrogen) atoms. The zero-order valence-electron chi connectivity index (χ0n) is 8.09. The van der Waals surface area contributed by atoms with E-state index in [-0.39, 0.29) is 5.88 Å². The fourth-order valence-corrected chi connectivity index (χ4v) is 1.79. The molecule has 3 rings (SSSR count). The molecule has 4 nitrogen and oxygen atoms in total. The second kappa shape index (κ2) is 3.28. The van der Waals surface area contributed by atoms with E-state index in [4.69, 9.17) is 16.0 Å². The van der Waals surface area contributed by atoms with Crippen molar-refractivity contribution in [2.45, 2.75) is 0 Å². The van der Waals surface area contributed by atoms with Gasteiger partial charge in [-0.1, -0.05) is 6.07 Å². The Morgan fingerprint density at radius 2 is 2.12 bits per heavy atom. The first-order chi connectivity index (χ1) is 7.75. The third-order valence-corrected chi connectivity index (χ3v) is 2.53. The van der Waals surface area contributed by atoms with Crippen molar-refractivity contribution < 1.29 is 9.52 Å². The average molecular weight is 235 g/mol. The Hall–Kier alpha value is -1.94. The fraction of sp³-hybridized carbons (Fsp3) is 0. The van der Waals surface area contributed by atoms with Crippen molar-refractivity contribution in [3.8, 4) is 17.5 Å². The zero-order valence-corrected chi connectivity index (χ0v) is 8.85. The highest BCUT2D eigenvalue weighted by atomic mass is 35.5. The molecule has 0 bridgehead atoms. The number of aromatic nitrogens is 2. The van der Waals surface area contributed by atoms with Crippen LogP contribution in [0.4, 0.5) is 0 Å². The van der Waals surface area contributed by atoms with E-state index in [1.165, 1.54) is 0 Å². The molecular formula is C11H7ClN2O2. The number of hydrogen-bond donors (Lipinski definition) is 1. The number of hydrogen-bond acceptors (Lipinski definition) is 3. The highest BCUT2D eigenvalue weighted by Crippen LogP contribution is 2.27. The van der Waals surface area contributed by atoms with Crippen molar-refractivity contribution in [2.75, 3.05) is 0 Å². The highest BCUT2D eigenvalue weighted by molar-refractivity contribution is 6.28. The van der Waals surface area contributed by atoms with E-state index in [0.717, 1.165) is 5.52 Å². The molecule has 0 amide bonds. The second-order valence-corrected chi connectivity index (χ2v) is 3.70. The summed E-state index contributed by atoms with van der Waals surface area (Å²) in [4.78, 5) is 4.19. The van der Waals surface area contributed by atoms with Crippen LogP contribution in [0.3, 0.4) is 0 Å². The van der Waals surface area contributed by atoms with E-state index in [1.54, 1.807) is 34.9 Å². The van der Waals surface area contributed by atoms with Gasteiger partial charge in [0.1, 0.15) is 0 Å². The number of nitrogens with zero attached hydrogens (tertiary/aromatic N) is 2. The maximum atomic E-state index is 9.76. The van der Waals surface area contributed by atoms with Crippen LogP contribution in [0, 0.1) is 0 Å². The van der Waals surface area contributed by atoms with Crippen LogP contribution in [-0.4, -0.2) is 14.5 Å². The summed E-state index contributed by atoms with van der Waals surface area (Å²) < 4.78 is 6.85. The van der Waals surface area contributed by atoms with E-state index < -0.39 is 0 Å². The lowest BCUT2D eigenvalue weighted by Gasteiger charge is -2.00. The molecule has 0 saturated heterocycles. The van der Waals surface area contributed by atoms with Crippen LogP contribution >= 0.6 is 11.6 Å². The summed E-state index contributed by atoms with van der Waals surface area (Å²) in [5.74, 6) is 1.16. The summed E-state index contributed by atoms with van der Waals surface area (Å²) in [5, 5.41) is 10.1. The number of pyridine rings is 1. The van der Waals surface area contributed by atoms with Crippen molar-refractivity contribution in [3.63, 3.8) is 0 Å². The quantitative estimate of drug-likeness (QED) is 0.704. The summed E-state index contributed by atoms with van der Waals surface area (Å²) in [6.45, 7) is 0. The predicted octanol–water partition coefficient (Wildman–Crippen LogP) is 2.95. The van der Waals surface area contributed by atoms with Gasteiger partial charge in [0.2, 0.25) is 0 Å². The molecule has 3 aromatic rings. The summed E-state index contributed by atoms with van der Waals surface area (Å²) in [5.41, 5.74) is 0.794. The fourth-order valence-electron chi connectivity index (χ4n) is 1.64. The molecule has 0 aliphatic heterocycles. The summed E-state index contributed by atoms with van der Waals surface area (Å²) in [7, 11) is 0. The molecular weight excluding hydrogens is 228 g/mol. The first-order valence-corrected chi connectivity index (χ1v) is 5.04. The zero-order chi connectivity index (χ0) is 11.1. The third kappa shape index (κ3) is 1.27. The van der Waals surface area contributed by atoms with Gasteiger partial charge in [0, 0.05) is 0 Å². The molecule has 0 unspecified atom stereocenters. The summed E-state index contributed by atoms with van der Waals surface area (Å²) in [6.07, 6.45) is 1.66. The van der Waals surface area contributed by atoms with Gasteiger partial charge in [0.05, 0.1) is 11.7 Å². The molecule has 5 heteroatoms. The molecule has 0 saturated carbocycles. The maximum absolute atomic E-state index is 9.76. The average Bonchev–Trinajstić information content (AvgIpc) is 2.84. The molecule has 80 valence electrons.